The number of rotatable bonds is 6. The summed E-state index contributed by atoms with van der Waals surface area (Å²) in [5.41, 5.74) is 0.266. The largest absolute Gasteiger partial charge is 0.492 e. The van der Waals surface area contributed by atoms with Crippen LogP contribution in [-0.4, -0.2) is 15.0 Å². The van der Waals surface area contributed by atoms with Crippen LogP contribution in [0.25, 0.3) is 0 Å². The molecule has 116 valence electrons. The highest BCUT2D eigenvalue weighted by molar-refractivity contribution is 9.10. The van der Waals surface area contributed by atoms with Crippen molar-refractivity contribution in [3.8, 4) is 11.8 Å². The summed E-state index contributed by atoms with van der Waals surface area (Å²) in [6.45, 7) is 5.79. The standard InChI is InChI=1S/C14H17BrClNO3S/c1-10-7-11(15)8-12(21(16,18)19)13(10)20-6-4-5-14(2,3)9-17/h7-8H,4-6H2,1-3H3. The Morgan fingerprint density at radius 3 is 2.57 bits per heavy atom. The summed E-state index contributed by atoms with van der Waals surface area (Å²) in [6.07, 6.45) is 1.32. The fourth-order valence-electron chi connectivity index (χ4n) is 1.81. The van der Waals surface area contributed by atoms with Gasteiger partial charge in [0.05, 0.1) is 18.1 Å². The number of ether oxygens (including phenoxy) is 1. The number of benzene rings is 1. The van der Waals surface area contributed by atoms with Crippen LogP contribution in [0.2, 0.25) is 0 Å². The van der Waals surface area contributed by atoms with E-state index in [1.807, 2.05) is 13.8 Å². The molecule has 0 saturated heterocycles. The summed E-state index contributed by atoms with van der Waals surface area (Å²) in [4.78, 5) is -0.0458. The second-order valence-corrected chi connectivity index (χ2v) is 8.89. The molecule has 0 N–H and O–H groups in total. The maximum atomic E-state index is 11.6. The summed E-state index contributed by atoms with van der Waals surface area (Å²) >= 11 is 3.24. The smallest absolute Gasteiger partial charge is 0.265 e. The monoisotopic (exact) mass is 393 g/mol. The molecule has 1 aromatic carbocycles. The molecule has 0 unspecified atom stereocenters. The number of nitrogens with zero attached hydrogens (tertiary/aromatic N) is 1. The first-order chi connectivity index (χ1) is 9.57. The molecule has 0 saturated carbocycles. The molecule has 0 aromatic heterocycles. The maximum Gasteiger partial charge on any atom is 0.265 e. The molecule has 0 heterocycles. The van der Waals surface area contributed by atoms with Crippen molar-refractivity contribution in [3.63, 3.8) is 0 Å². The average molecular weight is 395 g/mol. The van der Waals surface area contributed by atoms with Crippen LogP contribution >= 0.6 is 26.6 Å². The number of nitriles is 1. The molecule has 0 radical (unpaired) electrons. The highest BCUT2D eigenvalue weighted by Gasteiger charge is 2.21. The number of hydrogen-bond donors (Lipinski definition) is 0. The van der Waals surface area contributed by atoms with Gasteiger partial charge in [-0.05, 0) is 51.3 Å². The fraction of sp³-hybridized carbons (Fsp3) is 0.500. The molecular weight excluding hydrogens is 378 g/mol. The van der Waals surface area contributed by atoms with Crippen molar-refractivity contribution in [2.45, 2.75) is 38.5 Å². The Labute approximate surface area is 138 Å². The van der Waals surface area contributed by atoms with Gasteiger partial charge in [0.15, 0.2) is 0 Å². The molecule has 0 aliphatic heterocycles. The van der Waals surface area contributed by atoms with Crippen LogP contribution in [0.5, 0.6) is 5.75 Å². The zero-order valence-electron chi connectivity index (χ0n) is 12.1. The Morgan fingerprint density at radius 2 is 2.05 bits per heavy atom. The van der Waals surface area contributed by atoms with E-state index in [0.29, 0.717) is 29.5 Å². The molecule has 0 aliphatic carbocycles. The Bertz CT molecular complexity index is 666. The summed E-state index contributed by atoms with van der Waals surface area (Å²) in [7, 11) is 1.56. The lowest BCUT2D eigenvalue weighted by Gasteiger charge is -2.16. The van der Waals surface area contributed by atoms with Gasteiger partial charge in [-0.3, -0.25) is 0 Å². The Balaban J connectivity index is 2.88. The van der Waals surface area contributed by atoms with Gasteiger partial charge in [-0.2, -0.15) is 5.26 Å². The molecule has 0 spiro atoms. The van der Waals surface area contributed by atoms with Crippen LogP contribution in [0, 0.1) is 23.7 Å². The number of aryl methyl sites for hydroxylation is 1. The molecule has 1 aromatic rings. The molecule has 4 nitrogen and oxygen atoms in total. The average Bonchev–Trinajstić information content (AvgIpc) is 2.34. The molecule has 0 bridgehead atoms. The molecular formula is C14H17BrClNO3S. The van der Waals surface area contributed by atoms with Gasteiger partial charge in [-0.1, -0.05) is 15.9 Å². The number of hydrogen-bond acceptors (Lipinski definition) is 4. The minimum absolute atomic E-state index is 0.0458. The lowest BCUT2D eigenvalue weighted by Crippen LogP contribution is -2.11. The van der Waals surface area contributed by atoms with Crippen LogP contribution in [-0.2, 0) is 9.05 Å². The van der Waals surface area contributed by atoms with Gasteiger partial charge in [-0.15, -0.1) is 0 Å². The van der Waals surface area contributed by atoms with Gasteiger partial charge in [0.1, 0.15) is 10.6 Å². The maximum absolute atomic E-state index is 11.6. The van der Waals surface area contributed by atoms with Crippen molar-refractivity contribution < 1.29 is 13.2 Å². The zero-order valence-corrected chi connectivity index (χ0v) is 15.3. The van der Waals surface area contributed by atoms with Gasteiger partial charge in [0, 0.05) is 15.2 Å². The molecule has 0 atom stereocenters. The third-order valence-electron chi connectivity index (χ3n) is 2.96. The topological polar surface area (TPSA) is 67.2 Å². The molecule has 0 amide bonds. The lowest BCUT2D eigenvalue weighted by molar-refractivity contribution is 0.276. The van der Waals surface area contributed by atoms with Crippen molar-refractivity contribution >= 4 is 35.7 Å². The molecule has 7 heteroatoms. The van der Waals surface area contributed by atoms with Crippen molar-refractivity contribution in [1.29, 1.82) is 5.26 Å². The van der Waals surface area contributed by atoms with Crippen LogP contribution in [0.15, 0.2) is 21.5 Å². The third-order valence-corrected chi connectivity index (χ3v) is 4.75. The molecule has 0 aliphatic rings. The van der Waals surface area contributed by atoms with Crippen LogP contribution in [0.1, 0.15) is 32.3 Å². The highest BCUT2D eigenvalue weighted by atomic mass is 79.9. The van der Waals surface area contributed by atoms with E-state index < -0.39 is 14.5 Å². The second-order valence-electron chi connectivity index (χ2n) is 5.44. The Morgan fingerprint density at radius 1 is 1.43 bits per heavy atom. The first kappa shape index (κ1) is 18.3. The van der Waals surface area contributed by atoms with E-state index in [4.69, 9.17) is 20.7 Å². The highest BCUT2D eigenvalue weighted by Crippen LogP contribution is 2.34. The van der Waals surface area contributed by atoms with Gasteiger partial charge >= 0.3 is 0 Å². The predicted molar refractivity (Wildman–Crippen MR) is 86.0 cm³/mol. The van der Waals surface area contributed by atoms with Gasteiger partial charge < -0.3 is 4.74 Å². The van der Waals surface area contributed by atoms with E-state index in [9.17, 15) is 8.42 Å². The van der Waals surface area contributed by atoms with Crippen molar-refractivity contribution in [1.82, 2.24) is 0 Å². The van der Waals surface area contributed by atoms with Gasteiger partial charge in [0.25, 0.3) is 9.05 Å². The van der Waals surface area contributed by atoms with Crippen LogP contribution in [0.3, 0.4) is 0 Å². The Kier molecular flexibility index (Phi) is 6.09. The quantitative estimate of drug-likeness (QED) is 0.530. The summed E-state index contributed by atoms with van der Waals surface area (Å²) < 4.78 is 29.5. The summed E-state index contributed by atoms with van der Waals surface area (Å²) in [5, 5.41) is 8.94. The summed E-state index contributed by atoms with van der Waals surface area (Å²) in [6, 6.07) is 5.40. The second kappa shape index (κ2) is 6.99. The fourth-order valence-corrected chi connectivity index (χ4v) is 3.59. The molecule has 0 fully saturated rings. The van der Waals surface area contributed by atoms with E-state index in [2.05, 4.69) is 22.0 Å². The Hall–Kier alpha value is -0.770. The van der Waals surface area contributed by atoms with Crippen molar-refractivity contribution in [2.75, 3.05) is 6.61 Å². The van der Waals surface area contributed by atoms with E-state index in [-0.39, 0.29) is 10.6 Å². The van der Waals surface area contributed by atoms with Gasteiger partial charge in [0.2, 0.25) is 0 Å². The van der Waals surface area contributed by atoms with E-state index in [1.54, 1.807) is 13.0 Å². The van der Waals surface area contributed by atoms with E-state index in [0.717, 1.165) is 0 Å². The minimum atomic E-state index is -3.88. The first-order valence-corrected chi connectivity index (χ1v) is 9.46. The van der Waals surface area contributed by atoms with Crippen LogP contribution in [0.4, 0.5) is 0 Å². The van der Waals surface area contributed by atoms with Gasteiger partial charge in [-0.25, -0.2) is 8.42 Å². The van der Waals surface area contributed by atoms with E-state index in [1.165, 1.54) is 6.07 Å². The third kappa shape index (κ3) is 5.50. The number of halogens is 2. The SMILES string of the molecule is Cc1cc(Br)cc(S(=O)(=O)Cl)c1OCCCC(C)(C)C#N. The minimum Gasteiger partial charge on any atom is -0.492 e. The van der Waals surface area contributed by atoms with E-state index >= 15 is 0 Å². The normalized spacial score (nSPS) is 12.0. The molecule has 1 rings (SSSR count). The molecule has 21 heavy (non-hydrogen) atoms. The summed E-state index contributed by atoms with van der Waals surface area (Å²) in [5.74, 6) is 0.267. The lowest BCUT2D eigenvalue weighted by atomic mass is 9.90. The van der Waals surface area contributed by atoms with Crippen LogP contribution < -0.4 is 4.74 Å². The predicted octanol–water partition coefficient (Wildman–Crippen LogP) is 4.39. The first-order valence-electron chi connectivity index (χ1n) is 6.36. The zero-order chi connectivity index (χ0) is 16.3. The van der Waals surface area contributed by atoms with Crippen molar-refractivity contribution in [2.24, 2.45) is 5.41 Å². The van der Waals surface area contributed by atoms with Crippen molar-refractivity contribution in [3.05, 3.63) is 22.2 Å².